The van der Waals surface area contributed by atoms with E-state index in [2.05, 4.69) is 0 Å². The molecule has 1 aliphatic rings. The summed E-state index contributed by atoms with van der Waals surface area (Å²) in [6, 6.07) is 0. The summed E-state index contributed by atoms with van der Waals surface area (Å²) in [7, 11) is 1.52. The third-order valence-electron chi connectivity index (χ3n) is 1.64. The SMILES string of the molecule is COC1CC(=O)CC(=O)C1. The second kappa shape index (κ2) is 2.92. The molecule has 1 rings (SSSR count). The minimum Gasteiger partial charge on any atom is -0.381 e. The van der Waals surface area contributed by atoms with Crippen LogP contribution >= 0.6 is 0 Å². The molecule has 0 amide bonds. The molecule has 1 fully saturated rings. The predicted molar refractivity (Wildman–Crippen MR) is 34.7 cm³/mol. The highest BCUT2D eigenvalue weighted by Crippen LogP contribution is 2.13. The molecule has 0 bridgehead atoms. The molecule has 0 spiro atoms. The number of methoxy groups -OCH3 is 1. The summed E-state index contributed by atoms with van der Waals surface area (Å²) in [6.07, 6.45) is 0.762. The van der Waals surface area contributed by atoms with Gasteiger partial charge in [0.2, 0.25) is 0 Å². The lowest BCUT2D eigenvalue weighted by atomic mass is 9.95. The van der Waals surface area contributed by atoms with E-state index in [0.29, 0.717) is 12.8 Å². The largest absolute Gasteiger partial charge is 0.381 e. The smallest absolute Gasteiger partial charge is 0.142 e. The number of carbonyl (C=O) groups is 2. The number of hydrogen-bond donors (Lipinski definition) is 0. The van der Waals surface area contributed by atoms with Gasteiger partial charge in [0.1, 0.15) is 11.6 Å². The summed E-state index contributed by atoms with van der Waals surface area (Å²) in [5.41, 5.74) is 0. The van der Waals surface area contributed by atoms with Gasteiger partial charge in [-0.1, -0.05) is 0 Å². The Morgan fingerprint density at radius 1 is 1.30 bits per heavy atom. The second-order valence-electron chi connectivity index (χ2n) is 2.52. The number of ether oxygens (including phenoxy) is 1. The highest BCUT2D eigenvalue weighted by molar-refractivity contribution is 6.01. The Balaban J connectivity index is 2.50. The van der Waals surface area contributed by atoms with Crippen molar-refractivity contribution >= 4 is 11.6 Å². The Bertz CT molecular complexity index is 146. The predicted octanol–water partition coefficient (Wildman–Crippen LogP) is 0.324. The minimum atomic E-state index is -0.159. The highest BCUT2D eigenvalue weighted by Gasteiger charge is 2.24. The van der Waals surface area contributed by atoms with Crippen LogP contribution in [-0.2, 0) is 14.3 Å². The third kappa shape index (κ3) is 1.64. The molecular formula is C7H10O3. The van der Waals surface area contributed by atoms with Crippen molar-refractivity contribution in [3.05, 3.63) is 0 Å². The van der Waals surface area contributed by atoms with E-state index in [1.807, 2.05) is 0 Å². The van der Waals surface area contributed by atoms with Gasteiger partial charge in [-0.3, -0.25) is 9.59 Å². The normalized spacial score (nSPS) is 21.7. The molecule has 0 unspecified atom stereocenters. The molecule has 3 nitrogen and oxygen atoms in total. The average molecular weight is 142 g/mol. The van der Waals surface area contributed by atoms with E-state index >= 15 is 0 Å². The fraction of sp³-hybridized carbons (Fsp3) is 0.714. The van der Waals surface area contributed by atoms with Gasteiger partial charge in [-0.25, -0.2) is 0 Å². The first-order chi connectivity index (χ1) is 4.72. The molecule has 0 atom stereocenters. The molecule has 0 heterocycles. The van der Waals surface area contributed by atoms with Crippen LogP contribution in [-0.4, -0.2) is 24.8 Å². The zero-order valence-corrected chi connectivity index (χ0v) is 5.92. The summed E-state index contributed by atoms with van der Waals surface area (Å²) in [6.45, 7) is 0. The van der Waals surface area contributed by atoms with Gasteiger partial charge >= 0.3 is 0 Å². The Morgan fingerprint density at radius 2 is 1.80 bits per heavy atom. The molecule has 0 radical (unpaired) electrons. The van der Waals surface area contributed by atoms with Crippen molar-refractivity contribution in [2.45, 2.75) is 25.4 Å². The van der Waals surface area contributed by atoms with Gasteiger partial charge in [-0.15, -0.1) is 0 Å². The van der Waals surface area contributed by atoms with Crippen LogP contribution in [0.25, 0.3) is 0 Å². The van der Waals surface area contributed by atoms with E-state index in [1.165, 1.54) is 7.11 Å². The first-order valence-electron chi connectivity index (χ1n) is 3.28. The second-order valence-corrected chi connectivity index (χ2v) is 2.52. The average Bonchev–Trinajstić information content (AvgIpc) is 1.85. The zero-order chi connectivity index (χ0) is 7.56. The zero-order valence-electron chi connectivity index (χ0n) is 5.92. The monoisotopic (exact) mass is 142 g/mol. The molecule has 10 heavy (non-hydrogen) atoms. The summed E-state index contributed by atoms with van der Waals surface area (Å²) >= 11 is 0. The molecule has 1 aliphatic carbocycles. The summed E-state index contributed by atoms with van der Waals surface area (Å²) in [4.78, 5) is 21.5. The topological polar surface area (TPSA) is 43.4 Å². The maximum Gasteiger partial charge on any atom is 0.142 e. The molecule has 3 heteroatoms. The molecule has 0 aliphatic heterocycles. The number of carbonyl (C=O) groups excluding carboxylic acids is 2. The van der Waals surface area contributed by atoms with E-state index in [4.69, 9.17) is 4.74 Å². The van der Waals surface area contributed by atoms with Gasteiger partial charge in [0.05, 0.1) is 12.5 Å². The van der Waals surface area contributed by atoms with E-state index in [-0.39, 0.29) is 24.1 Å². The van der Waals surface area contributed by atoms with Gasteiger partial charge in [0, 0.05) is 20.0 Å². The number of rotatable bonds is 1. The van der Waals surface area contributed by atoms with Crippen molar-refractivity contribution in [2.75, 3.05) is 7.11 Å². The standard InChI is InChI=1S/C7H10O3/c1-10-7-3-5(8)2-6(9)4-7/h7H,2-4H2,1H3. The van der Waals surface area contributed by atoms with Crippen molar-refractivity contribution in [1.82, 2.24) is 0 Å². The lowest BCUT2D eigenvalue weighted by Gasteiger charge is -2.17. The van der Waals surface area contributed by atoms with Gasteiger partial charge in [0.25, 0.3) is 0 Å². The number of ketones is 2. The van der Waals surface area contributed by atoms with Crippen LogP contribution < -0.4 is 0 Å². The van der Waals surface area contributed by atoms with Crippen molar-refractivity contribution in [3.63, 3.8) is 0 Å². The van der Waals surface area contributed by atoms with E-state index in [1.54, 1.807) is 0 Å². The van der Waals surface area contributed by atoms with Crippen LogP contribution in [0.4, 0.5) is 0 Å². The lowest BCUT2D eigenvalue weighted by Crippen LogP contribution is -2.27. The maximum absolute atomic E-state index is 10.7. The molecule has 0 N–H and O–H groups in total. The molecule has 1 saturated carbocycles. The Labute approximate surface area is 59.4 Å². The molecular weight excluding hydrogens is 132 g/mol. The third-order valence-corrected chi connectivity index (χ3v) is 1.64. The minimum absolute atomic E-state index is 0.00287. The Hall–Kier alpha value is -0.700. The van der Waals surface area contributed by atoms with Crippen LogP contribution in [0.1, 0.15) is 19.3 Å². The maximum atomic E-state index is 10.7. The van der Waals surface area contributed by atoms with Gasteiger partial charge in [-0.2, -0.15) is 0 Å². The molecule has 0 aromatic heterocycles. The highest BCUT2D eigenvalue weighted by atomic mass is 16.5. The van der Waals surface area contributed by atoms with Crippen molar-refractivity contribution in [3.8, 4) is 0 Å². The van der Waals surface area contributed by atoms with E-state index in [9.17, 15) is 9.59 Å². The van der Waals surface area contributed by atoms with Crippen molar-refractivity contribution < 1.29 is 14.3 Å². The van der Waals surface area contributed by atoms with Gasteiger partial charge in [-0.05, 0) is 0 Å². The Kier molecular flexibility index (Phi) is 2.17. The molecule has 0 saturated heterocycles. The van der Waals surface area contributed by atoms with Crippen molar-refractivity contribution in [1.29, 1.82) is 0 Å². The van der Waals surface area contributed by atoms with E-state index in [0.717, 1.165) is 0 Å². The van der Waals surface area contributed by atoms with Crippen LogP contribution in [0, 0.1) is 0 Å². The lowest BCUT2D eigenvalue weighted by molar-refractivity contribution is -0.134. The Morgan fingerprint density at radius 3 is 2.20 bits per heavy atom. The fourth-order valence-electron chi connectivity index (χ4n) is 1.11. The van der Waals surface area contributed by atoms with Crippen LogP contribution in [0.15, 0.2) is 0 Å². The van der Waals surface area contributed by atoms with E-state index < -0.39 is 0 Å². The van der Waals surface area contributed by atoms with Crippen LogP contribution in [0.2, 0.25) is 0 Å². The molecule has 0 aromatic carbocycles. The summed E-state index contributed by atoms with van der Waals surface area (Å²) < 4.78 is 4.89. The first-order valence-corrected chi connectivity index (χ1v) is 3.28. The summed E-state index contributed by atoms with van der Waals surface area (Å²) in [5, 5.41) is 0. The quantitative estimate of drug-likeness (QED) is 0.495. The van der Waals surface area contributed by atoms with Gasteiger partial charge < -0.3 is 4.74 Å². The van der Waals surface area contributed by atoms with Gasteiger partial charge in [0.15, 0.2) is 0 Å². The molecule has 0 aromatic rings. The van der Waals surface area contributed by atoms with Crippen molar-refractivity contribution in [2.24, 2.45) is 0 Å². The van der Waals surface area contributed by atoms with Crippen LogP contribution in [0.3, 0.4) is 0 Å². The number of hydrogen-bond acceptors (Lipinski definition) is 3. The fourth-order valence-corrected chi connectivity index (χ4v) is 1.11. The first kappa shape index (κ1) is 7.41. The molecule has 56 valence electrons. The number of Topliss-reactive ketones (excluding diaryl/α,β-unsaturated/α-hetero) is 2. The summed E-state index contributed by atoms with van der Waals surface area (Å²) in [5.74, 6) is 0.00574. The van der Waals surface area contributed by atoms with Crippen LogP contribution in [0.5, 0.6) is 0 Å².